The Kier molecular flexibility index (Phi) is 14.0. The molecule has 0 amide bonds. The van der Waals surface area contributed by atoms with Crippen molar-refractivity contribution >= 4 is 58.9 Å². The van der Waals surface area contributed by atoms with Crippen molar-refractivity contribution in [3.05, 3.63) is 147 Å². The van der Waals surface area contributed by atoms with E-state index in [0.29, 0.717) is 33.9 Å². The van der Waals surface area contributed by atoms with Gasteiger partial charge < -0.3 is 25.2 Å². The number of benzene rings is 4. The number of ether oxygens (including phenoxy) is 1. The van der Waals surface area contributed by atoms with Crippen molar-refractivity contribution < 1.29 is 51.5 Å². The van der Waals surface area contributed by atoms with E-state index in [9.17, 15) is 24.9 Å². The molecule has 0 saturated heterocycles. The van der Waals surface area contributed by atoms with Crippen LogP contribution in [0.1, 0.15) is 54.5 Å². The molecule has 4 N–H and O–H groups in total. The molecule has 0 bridgehead atoms. The third kappa shape index (κ3) is 9.43. The molecule has 2 heterocycles. The molecule has 0 saturated carbocycles. The number of carboxylic acid groups (broad SMARTS) is 2. The van der Waals surface area contributed by atoms with Crippen LogP contribution in [0.3, 0.4) is 0 Å². The van der Waals surface area contributed by atoms with Gasteiger partial charge in [-0.15, -0.1) is 5.56 Å². The van der Waals surface area contributed by atoms with Crippen molar-refractivity contribution in [2.45, 2.75) is 20.5 Å². The van der Waals surface area contributed by atoms with Crippen LogP contribution in [0.4, 0.5) is 11.4 Å². The molecule has 0 aliphatic rings. The number of aliphatic imine (C=N–C) groups is 2. The van der Waals surface area contributed by atoms with Gasteiger partial charge in [-0.2, -0.15) is 10.2 Å². The molecule has 0 spiro atoms. The number of aliphatic hydroxyl groups excluding tert-OH is 1. The summed E-state index contributed by atoms with van der Waals surface area (Å²) in [5.74, 6) is -1.64. The van der Waals surface area contributed by atoms with Crippen molar-refractivity contribution in [3.63, 3.8) is 0 Å². The molecule has 2 aromatic heterocycles. The van der Waals surface area contributed by atoms with E-state index >= 15 is 0 Å². The summed E-state index contributed by atoms with van der Waals surface area (Å²) in [4.78, 5) is 31.2. The summed E-state index contributed by atoms with van der Waals surface area (Å²) in [7, 11) is 1.61. The number of rotatable bonds is 10. The third-order valence-corrected chi connectivity index (χ3v) is 8.66. The van der Waals surface area contributed by atoms with Crippen molar-refractivity contribution in [1.29, 1.82) is 0 Å². The zero-order valence-electron chi connectivity index (χ0n) is 29.4. The van der Waals surface area contributed by atoms with Gasteiger partial charge in [0, 0.05) is 23.0 Å². The Morgan fingerprint density at radius 2 is 1.22 bits per heavy atom. The molecule has 0 unspecified atom stereocenters. The Bertz CT molecular complexity index is 2220. The van der Waals surface area contributed by atoms with E-state index in [1.807, 2.05) is 31.2 Å². The molecule has 0 aliphatic heterocycles. The number of hydrogen-bond donors (Lipinski definition) is 4. The fourth-order valence-electron chi connectivity index (χ4n) is 5.19. The predicted octanol–water partition coefficient (Wildman–Crippen LogP) is 7.95. The summed E-state index contributed by atoms with van der Waals surface area (Å²) in [6, 6.07) is 23.4. The molecule has 55 heavy (non-hydrogen) atoms. The van der Waals surface area contributed by atoms with Gasteiger partial charge in [0.1, 0.15) is 5.75 Å². The molecular formula is C39H33Cl2CoN6O7-. The van der Waals surface area contributed by atoms with Gasteiger partial charge in [0.05, 0.1) is 68.9 Å². The van der Waals surface area contributed by atoms with Crippen molar-refractivity contribution in [2.24, 2.45) is 9.98 Å². The number of aryl methyl sites for hydroxylation is 2. The van der Waals surface area contributed by atoms with E-state index in [1.54, 1.807) is 67.4 Å². The summed E-state index contributed by atoms with van der Waals surface area (Å²) < 4.78 is 8.20. The summed E-state index contributed by atoms with van der Waals surface area (Å²) in [5, 5.41) is 47.5. The Labute approximate surface area is 336 Å². The number of nitrogens with zero attached hydrogens (tertiary/aromatic N) is 6. The molecule has 6 aromatic rings. The third-order valence-electron chi connectivity index (χ3n) is 8.05. The standard InChI is InChI=1S/C20H17ClN3O3.C19H16ClN3O4.Co/c1-12-17(11-22-19-16(20(25)26)5-4-6-18(19)21)13(2)24(23-12)14-7-9-15(27-3)10-8-14;1-11-15(9-21-17-14(19(26)27)3-2-4-16(17)20)18(25)23(22-11)13-7-5-12(10-24)6-8-13;/h4-11H,2H2,1,3H3,(H,25,26);2-9,24-25H,10H2,1H3,(H,26,27);/q-1;;. The molecule has 4 aromatic carbocycles. The van der Waals surface area contributed by atoms with Gasteiger partial charge >= 0.3 is 11.9 Å². The van der Waals surface area contributed by atoms with Crippen LogP contribution >= 0.6 is 23.2 Å². The number of aromatic carboxylic acids is 2. The van der Waals surface area contributed by atoms with Crippen LogP contribution < -0.4 is 4.74 Å². The van der Waals surface area contributed by atoms with E-state index in [4.69, 9.17) is 33.0 Å². The first-order chi connectivity index (χ1) is 25.8. The quantitative estimate of drug-likeness (QED) is 0.0786. The van der Waals surface area contributed by atoms with E-state index in [2.05, 4.69) is 27.1 Å². The average molecular weight is 828 g/mol. The summed E-state index contributed by atoms with van der Waals surface area (Å²) in [5.41, 5.74) is 5.35. The van der Waals surface area contributed by atoms with Crippen molar-refractivity contribution in [3.8, 4) is 23.0 Å². The van der Waals surface area contributed by atoms with E-state index in [0.717, 1.165) is 17.0 Å². The van der Waals surface area contributed by atoms with Crippen LogP contribution in [0.2, 0.25) is 10.0 Å². The molecular weight excluding hydrogens is 794 g/mol. The summed E-state index contributed by atoms with van der Waals surface area (Å²) >= 11 is 12.2. The van der Waals surface area contributed by atoms with E-state index < -0.39 is 11.9 Å². The number of aromatic nitrogens is 4. The normalized spacial score (nSPS) is 10.9. The number of carboxylic acids is 2. The molecule has 285 valence electrons. The van der Waals surface area contributed by atoms with Crippen LogP contribution in [-0.2, 0) is 23.4 Å². The topological polar surface area (TPSA) is 185 Å². The predicted molar refractivity (Wildman–Crippen MR) is 207 cm³/mol. The molecule has 1 radical (unpaired) electrons. The Balaban J connectivity index is 0.000000240. The Morgan fingerprint density at radius 3 is 1.71 bits per heavy atom. The maximum Gasteiger partial charge on any atom is 0.337 e. The van der Waals surface area contributed by atoms with Crippen LogP contribution in [0.25, 0.3) is 11.4 Å². The second-order valence-electron chi connectivity index (χ2n) is 11.5. The van der Waals surface area contributed by atoms with Gasteiger partial charge in [0.15, 0.2) is 0 Å². The van der Waals surface area contributed by atoms with Gasteiger partial charge in [-0.25, -0.2) is 21.2 Å². The zero-order chi connectivity index (χ0) is 39.1. The summed E-state index contributed by atoms with van der Waals surface area (Å²) in [6.45, 7) is 7.54. The smallest absolute Gasteiger partial charge is 0.337 e. The molecule has 13 nitrogen and oxygen atoms in total. The van der Waals surface area contributed by atoms with Crippen LogP contribution in [0.15, 0.2) is 94.9 Å². The minimum Gasteiger partial charge on any atom is -0.497 e. The molecule has 6 rings (SSSR count). The second kappa shape index (κ2) is 18.4. The monoisotopic (exact) mass is 826 g/mol. The number of aliphatic hydroxyl groups is 1. The number of methoxy groups -OCH3 is 1. The number of carbonyl (C=O) groups is 2. The average Bonchev–Trinajstić information content (AvgIpc) is 3.62. The number of halogens is 2. The van der Waals surface area contributed by atoms with Crippen LogP contribution in [0, 0.1) is 20.8 Å². The van der Waals surface area contributed by atoms with E-state index in [-0.39, 0.29) is 61.8 Å². The zero-order valence-corrected chi connectivity index (χ0v) is 32.0. The van der Waals surface area contributed by atoms with Gasteiger partial charge in [0.2, 0.25) is 5.88 Å². The fourth-order valence-corrected chi connectivity index (χ4v) is 5.64. The minimum absolute atomic E-state index is 0. The molecule has 0 aliphatic carbocycles. The van der Waals surface area contributed by atoms with Crippen molar-refractivity contribution in [1.82, 2.24) is 19.6 Å². The number of para-hydroxylation sites is 2. The fraction of sp³-hybridized carbons (Fsp3) is 0.103. The maximum atomic E-state index is 11.4. The SMILES string of the molecule is Cc1nn(-c2ccc(CO)cc2)c(O)c1C=Nc1c(Cl)cccc1C(=O)O.[CH2-]c1c(C=Nc2c(Cl)cccc2C(=O)O)c(C)nn1-c1ccc(OC)cc1.[Co]. The van der Waals surface area contributed by atoms with E-state index in [1.165, 1.54) is 29.1 Å². The van der Waals surface area contributed by atoms with Crippen LogP contribution in [0.5, 0.6) is 11.6 Å². The van der Waals surface area contributed by atoms with Crippen molar-refractivity contribution in [2.75, 3.05) is 7.11 Å². The molecule has 16 heteroatoms. The van der Waals surface area contributed by atoms with Gasteiger partial charge in [-0.1, -0.05) is 53.2 Å². The first kappa shape index (κ1) is 41.8. The minimum atomic E-state index is -1.15. The van der Waals surface area contributed by atoms with Gasteiger partial charge in [-0.3, -0.25) is 14.7 Å². The summed E-state index contributed by atoms with van der Waals surface area (Å²) in [6.07, 6.45) is 2.88. The van der Waals surface area contributed by atoms with Crippen LogP contribution in [-0.4, -0.2) is 71.5 Å². The first-order valence-electron chi connectivity index (χ1n) is 16.0. The molecule has 0 atom stereocenters. The Morgan fingerprint density at radius 1 is 0.764 bits per heavy atom. The number of aromatic hydroxyl groups is 1. The largest absolute Gasteiger partial charge is 0.497 e. The first-order valence-corrected chi connectivity index (χ1v) is 16.8. The van der Waals surface area contributed by atoms with Gasteiger partial charge in [-0.05, 0) is 92.0 Å². The van der Waals surface area contributed by atoms with Gasteiger partial charge in [0.25, 0.3) is 0 Å². The molecule has 0 fully saturated rings. The Hall–Kier alpha value is -5.90. The maximum absolute atomic E-state index is 11.4. The number of hydrogen-bond acceptors (Lipinski definition) is 9. The second-order valence-corrected chi connectivity index (χ2v) is 12.3.